The van der Waals surface area contributed by atoms with E-state index in [0.29, 0.717) is 31.3 Å². The average molecular weight is 365 g/mol. The lowest BCUT2D eigenvalue weighted by atomic mass is 10.1. The van der Waals surface area contributed by atoms with Crippen LogP contribution in [0.2, 0.25) is 5.02 Å². The van der Waals surface area contributed by atoms with Crippen LogP contribution >= 0.6 is 11.6 Å². The highest BCUT2D eigenvalue weighted by molar-refractivity contribution is 6.32. The molecule has 0 atom stereocenters. The largest absolute Gasteiger partial charge is 0.490 e. The molecule has 6 heteroatoms. The molecule has 5 nitrogen and oxygen atoms in total. The molecule has 0 saturated heterocycles. The number of benzene rings is 2. The number of hydrogen-bond acceptors (Lipinski definition) is 4. The van der Waals surface area contributed by atoms with Crippen molar-refractivity contribution < 1.29 is 24.1 Å². The van der Waals surface area contributed by atoms with Crippen LogP contribution in [0.5, 0.6) is 17.2 Å². The quantitative estimate of drug-likeness (QED) is 0.698. The first-order valence-electron chi connectivity index (χ1n) is 7.94. The molecule has 2 aromatic rings. The van der Waals surface area contributed by atoms with Crippen LogP contribution in [0.15, 0.2) is 30.3 Å². The minimum atomic E-state index is -1.01. The van der Waals surface area contributed by atoms with Crippen molar-refractivity contribution in [1.29, 1.82) is 0 Å². The van der Waals surface area contributed by atoms with E-state index < -0.39 is 5.97 Å². The van der Waals surface area contributed by atoms with Crippen LogP contribution in [0.3, 0.4) is 0 Å². The lowest BCUT2D eigenvalue weighted by Gasteiger charge is -2.14. The van der Waals surface area contributed by atoms with Gasteiger partial charge in [-0.2, -0.15) is 0 Å². The first-order chi connectivity index (χ1) is 11.9. The smallest absolute Gasteiger partial charge is 0.335 e. The fraction of sp³-hybridized carbons (Fsp3) is 0.316. The number of hydrogen-bond donors (Lipinski definition) is 1. The standard InChI is InChI=1S/C19H21ClO5/c1-4-23-17-11-14(19(21)22)5-6-16(17)25-8-7-24-15-9-12(2)18(20)13(3)10-15/h5-6,9-11H,4,7-8H2,1-3H3,(H,21,22). The summed E-state index contributed by atoms with van der Waals surface area (Å²) in [7, 11) is 0. The first kappa shape index (κ1) is 18.9. The van der Waals surface area contributed by atoms with Crippen molar-refractivity contribution in [3.8, 4) is 17.2 Å². The highest BCUT2D eigenvalue weighted by Crippen LogP contribution is 2.29. The van der Waals surface area contributed by atoms with Gasteiger partial charge in [-0.15, -0.1) is 0 Å². The Bertz CT molecular complexity index is 734. The molecule has 0 amide bonds. The zero-order chi connectivity index (χ0) is 18.4. The summed E-state index contributed by atoms with van der Waals surface area (Å²) < 4.78 is 16.8. The van der Waals surface area contributed by atoms with Crippen molar-refractivity contribution >= 4 is 17.6 Å². The van der Waals surface area contributed by atoms with E-state index in [1.54, 1.807) is 6.07 Å². The minimum Gasteiger partial charge on any atom is -0.490 e. The maximum Gasteiger partial charge on any atom is 0.335 e. The van der Waals surface area contributed by atoms with Crippen molar-refractivity contribution in [2.24, 2.45) is 0 Å². The van der Waals surface area contributed by atoms with Crippen LogP contribution in [-0.2, 0) is 0 Å². The highest BCUT2D eigenvalue weighted by Gasteiger charge is 2.11. The van der Waals surface area contributed by atoms with Crippen LogP contribution in [-0.4, -0.2) is 30.9 Å². The molecule has 0 bridgehead atoms. The Morgan fingerprint density at radius 2 is 1.64 bits per heavy atom. The van der Waals surface area contributed by atoms with Gasteiger partial charge in [-0.1, -0.05) is 11.6 Å². The van der Waals surface area contributed by atoms with Crippen molar-refractivity contribution in [3.63, 3.8) is 0 Å². The summed E-state index contributed by atoms with van der Waals surface area (Å²) in [4.78, 5) is 11.0. The topological polar surface area (TPSA) is 65.0 Å². The van der Waals surface area contributed by atoms with Crippen LogP contribution in [0.4, 0.5) is 0 Å². The monoisotopic (exact) mass is 364 g/mol. The van der Waals surface area contributed by atoms with Crippen LogP contribution in [0.25, 0.3) is 0 Å². The van der Waals surface area contributed by atoms with Crippen LogP contribution < -0.4 is 14.2 Å². The molecule has 25 heavy (non-hydrogen) atoms. The van der Waals surface area contributed by atoms with Gasteiger partial charge in [0.2, 0.25) is 0 Å². The Balaban J connectivity index is 1.96. The zero-order valence-corrected chi connectivity index (χ0v) is 15.2. The maximum atomic E-state index is 11.0. The van der Waals surface area contributed by atoms with E-state index in [0.717, 1.165) is 21.9 Å². The molecule has 134 valence electrons. The van der Waals surface area contributed by atoms with Gasteiger partial charge in [0.25, 0.3) is 0 Å². The van der Waals surface area contributed by atoms with Gasteiger partial charge < -0.3 is 19.3 Å². The number of rotatable bonds is 8. The molecule has 0 aliphatic heterocycles. The van der Waals surface area contributed by atoms with Crippen molar-refractivity contribution in [3.05, 3.63) is 52.0 Å². The fourth-order valence-electron chi connectivity index (χ4n) is 2.33. The predicted molar refractivity (Wildman–Crippen MR) is 96.5 cm³/mol. The third-order valence-electron chi connectivity index (χ3n) is 3.51. The van der Waals surface area contributed by atoms with Gasteiger partial charge in [0, 0.05) is 5.02 Å². The molecule has 0 saturated carbocycles. The van der Waals surface area contributed by atoms with E-state index in [1.807, 2.05) is 32.9 Å². The molecule has 0 radical (unpaired) electrons. The van der Waals surface area contributed by atoms with Gasteiger partial charge in [0.15, 0.2) is 11.5 Å². The normalized spacial score (nSPS) is 10.4. The van der Waals surface area contributed by atoms with Gasteiger partial charge in [-0.3, -0.25) is 0 Å². The molecule has 0 unspecified atom stereocenters. The summed E-state index contributed by atoms with van der Waals surface area (Å²) >= 11 is 6.14. The van der Waals surface area contributed by atoms with Crippen LogP contribution in [0, 0.1) is 13.8 Å². The van der Waals surface area contributed by atoms with E-state index in [1.165, 1.54) is 12.1 Å². The predicted octanol–water partition coefficient (Wildman–Crippen LogP) is 4.51. The molecule has 0 spiro atoms. The number of halogens is 1. The fourth-order valence-corrected chi connectivity index (χ4v) is 2.44. The number of aromatic carboxylic acids is 1. The molecule has 1 N–H and O–H groups in total. The lowest BCUT2D eigenvalue weighted by molar-refractivity contribution is 0.0696. The Kier molecular flexibility index (Phi) is 6.53. The number of carboxylic acid groups (broad SMARTS) is 1. The second kappa shape index (κ2) is 8.62. The zero-order valence-electron chi connectivity index (χ0n) is 14.5. The highest BCUT2D eigenvalue weighted by atomic mass is 35.5. The Hall–Kier alpha value is -2.40. The van der Waals surface area contributed by atoms with E-state index in [9.17, 15) is 4.79 Å². The van der Waals surface area contributed by atoms with Gasteiger partial charge in [-0.05, 0) is 62.2 Å². The third-order valence-corrected chi connectivity index (χ3v) is 4.11. The van der Waals surface area contributed by atoms with Crippen LogP contribution in [0.1, 0.15) is 28.4 Å². The summed E-state index contributed by atoms with van der Waals surface area (Å²) in [5, 5.41) is 9.79. The van der Waals surface area contributed by atoms with E-state index in [-0.39, 0.29) is 5.56 Å². The SMILES string of the molecule is CCOc1cc(C(=O)O)ccc1OCCOc1cc(C)c(Cl)c(C)c1. The molecular weight excluding hydrogens is 344 g/mol. The first-order valence-corrected chi connectivity index (χ1v) is 8.32. The third kappa shape index (κ3) is 5.03. The number of carbonyl (C=O) groups is 1. The number of ether oxygens (including phenoxy) is 3. The second-order valence-corrected chi connectivity index (χ2v) is 5.85. The van der Waals surface area contributed by atoms with Gasteiger partial charge >= 0.3 is 5.97 Å². The summed E-state index contributed by atoms with van der Waals surface area (Å²) in [6, 6.07) is 8.27. The van der Waals surface area contributed by atoms with Gasteiger partial charge in [-0.25, -0.2) is 4.79 Å². The van der Waals surface area contributed by atoms with E-state index in [2.05, 4.69) is 0 Å². The molecule has 0 heterocycles. The summed E-state index contributed by atoms with van der Waals surface area (Å²) in [6.07, 6.45) is 0. The average Bonchev–Trinajstić information content (AvgIpc) is 2.57. The molecule has 2 rings (SSSR count). The van der Waals surface area contributed by atoms with Gasteiger partial charge in [0.05, 0.1) is 12.2 Å². The van der Waals surface area contributed by atoms with Crippen molar-refractivity contribution in [2.75, 3.05) is 19.8 Å². The van der Waals surface area contributed by atoms with Gasteiger partial charge in [0.1, 0.15) is 19.0 Å². The number of aryl methyl sites for hydroxylation is 2. The number of carboxylic acids is 1. The Morgan fingerprint density at radius 1 is 1.00 bits per heavy atom. The summed E-state index contributed by atoms with van der Waals surface area (Å²) in [5.41, 5.74) is 2.07. The second-order valence-electron chi connectivity index (χ2n) is 5.47. The molecule has 0 aliphatic carbocycles. The molecule has 0 aliphatic rings. The van der Waals surface area contributed by atoms with Crippen molar-refractivity contribution in [2.45, 2.75) is 20.8 Å². The molecule has 0 fully saturated rings. The van der Waals surface area contributed by atoms with E-state index in [4.69, 9.17) is 30.9 Å². The summed E-state index contributed by atoms with van der Waals surface area (Å²) in [5.74, 6) is 0.609. The molecular formula is C19H21ClO5. The Morgan fingerprint density at radius 3 is 2.24 bits per heavy atom. The lowest BCUT2D eigenvalue weighted by Crippen LogP contribution is -2.10. The van der Waals surface area contributed by atoms with Crippen molar-refractivity contribution in [1.82, 2.24) is 0 Å². The minimum absolute atomic E-state index is 0.152. The molecule has 2 aromatic carbocycles. The maximum absolute atomic E-state index is 11.0. The van der Waals surface area contributed by atoms with E-state index >= 15 is 0 Å². The Labute approximate surface area is 152 Å². The summed E-state index contributed by atoms with van der Waals surface area (Å²) in [6.45, 7) is 6.74. The molecule has 0 aromatic heterocycles.